The zero-order valence-electron chi connectivity index (χ0n) is 13.7. The van der Waals surface area contributed by atoms with Crippen LogP contribution in [-0.4, -0.2) is 29.3 Å². The van der Waals surface area contributed by atoms with Crippen LogP contribution in [0.15, 0.2) is 48.8 Å². The molecule has 1 aromatic heterocycles. The molecule has 0 atom stereocenters. The van der Waals surface area contributed by atoms with Crippen LogP contribution in [0.5, 0.6) is 11.5 Å². The summed E-state index contributed by atoms with van der Waals surface area (Å²) in [4.78, 5) is 8.51. The summed E-state index contributed by atoms with van der Waals surface area (Å²) < 4.78 is 10.6. The van der Waals surface area contributed by atoms with Crippen molar-refractivity contribution in [3.63, 3.8) is 0 Å². The molecule has 128 valence electrons. The van der Waals surface area contributed by atoms with Crippen LogP contribution < -0.4 is 25.6 Å². The lowest BCUT2D eigenvalue weighted by Gasteiger charge is -2.14. The number of rotatable bonds is 5. The van der Waals surface area contributed by atoms with Crippen molar-refractivity contribution >= 4 is 39.7 Å². The number of anilines is 2. The molecule has 2 aromatic carbocycles. The van der Waals surface area contributed by atoms with Crippen molar-refractivity contribution in [3.8, 4) is 11.5 Å². The normalized spacial score (nSPS) is 10.2. The molecule has 0 spiro atoms. The Kier molecular flexibility index (Phi) is 5.10. The zero-order valence-corrected chi connectivity index (χ0v) is 14.6. The Labute approximate surface area is 150 Å². The molecule has 3 aromatic rings. The second-order valence-electron chi connectivity index (χ2n) is 5.02. The van der Waals surface area contributed by atoms with E-state index in [-0.39, 0.29) is 0 Å². The molecule has 0 saturated carbocycles. The summed E-state index contributed by atoms with van der Waals surface area (Å²) in [6, 6.07) is 13.2. The van der Waals surface area contributed by atoms with Crippen molar-refractivity contribution in [2.75, 3.05) is 25.0 Å². The predicted molar refractivity (Wildman–Crippen MR) is 102 cm³/mol. The van der Waals surface area contributed by atoms with E-state index in [2.05, 4.69) is 26.1 Å². The predicted octanol–water partition coefficient (Wildman–Crippen LogP) is 2.96. The van der Waals surface area contributed by atoms with Crippen LogP contribution >= 0.6 is 12.2 Å². The second kappa shape index (κ2) is 7.63. The quantitative estimate of drug-likeness (QED) is 0.476. The number of nitrogens with zero attached hydrogens (tertiary/aromatic N) is 2. The third-order valence-corrected chi connectivity index (χ3v) is 3.67. The van der Waals surface area contributed by atoms with Crippen LogP contribution in [0.2, 0.25) is 0 Å². The van der Waals surface area contributed by atoms with E-state index in [0.29, 0.717) is 22.4 Å². The summed E-state index contributed by atoms with van der Waals surface area (Å²) in [5.41, 5.74) is 7.52. The van der Waals surface area contributed by atoms with Gasteiger partial charge in [0.2, 0.25) is 0 Å². The first kappa shape index (κ1) is 16.7. The van der Waals surface area contributed by atoms with Gasteiger partial charge in [-0.1, -0.05) is 18.2 Å². The first-order valence-corrected chi connectivity index (χ1v) is 7.87. The summed E-state index contributed by atoms with van der Waals surface area (Å²) in [5.74, 6) is 1.77. The fourth-order valence-corrected chi connectivity index (χ4v) is 2.45. The van der Waals surface area contributed by atoms with E-state index in [1.54, 1.807) is 20.3 Å². The van der Waals surface area contributed by atoms with Crippen molar-refractivity contribution in [3.05, 3.63) is 48.8 Å². The number of para-hydroxylation sites is 1. The minimum atomic E-state index is 0.415. The Morgan fingerprint density at radius 3 is 2.44 bits per heavy atom. The lowest BCUT2D eigenvalue weighted by atomic mass is 10.2. The molecular formula is C17H17N5O2S. The molecule has 0 amide bonds. The van der Waals surface area contributed by atoms with Crippen LogP contribution in [-0.2, 0) is 0 Å². The SMILES string of the molecule is COc1cc2ncnc(NNC(=S)Nc3ccccc3)c2cc1OC. The molecule has 0 aliphatic rings. The monoisotopic (exact) mass is 355 g/mol. The summed E-state index contributed by atoms with van der Waals surface area (Å²) in [7, 11) is 3.16. The Bertz CT molecular complexity index is 889. The van der Waals surface area contributed by atoms with Crippen LogP contribution in [0.3, 0.4) is 0 Å². The third kappa shape index (κ3) is 3.86. The molecule has 3 N–H and O–H groups in total. The van der Waals surface area contributed by atoms with Crippen LogP contribution in [0, 0.1) is 0 Å². The van der Waals surface area contributed by atoms with Gasteiger partial charge in [-0.05, 0) is 30.4 Å². The number of nitrogens with one attached hydrogen (secondary N) is 3. The number of aromatic nitrogens is 2. The number of hydrogen-bond acceptors (Lipinski definition) is 6. The highest BCUT2D eigenvalue weighted by Crippen LogP contribution is 2.33. The minimum Gasteiger partial charge on any atom is -0.493 e. The average molecular weight is 355 g/mol. The number of thiocarbonyl (C=S) groups is 1. The minimum absolute atomic E-state index is 0.415. The molecule has 0 bridgehead atoms. The summed E-state index contributed by atoms with van der Waals surface area (Å²) in [6.07, 6.45) is 1.46. The van der Waals surface area contributed by atoms with Crippen molar-refractivity contribution in [2.45, 2.75) is 0 Å². The second-order valence-corrected chi connectivity index (χ2v) is 5.43. The summed E-state index contributed by atoms with van der Waals surface area (Å²) in [5, 5.41) is 4.26. The maximum atomic E-state index is 5.34. The maximum Gasteiger partial charge on any atom is 0.189 e. The van der Waals surface area contributed by atoms with Gasteiger partial charge in [-0.2, -0.15) is 0 Å². The standard InChI is InChI=1S/C17H17N5O2S/c1-23-14-8-12-13(9-15(14)24-2)18-10-19-16(12)21-22-17(25)20-11-6-4-3-5-7-11/h3-10H,1-2H3,(H,18,19,21)(H2,20,22,25). The van der Waals surface area contributed by atoms with Gasteiger partial charge in [0.05, 0.1) is 19.7 Å². The van der Waals surface area contributed by atoms with Crippen molar-refractivity contribution < 1.29 is 9.47 Å². The molecule has 3 rings (SSSR count). The summed E-state index contributed by atoms with van der Waals surface area (Å²) >= 11 is 5.27. The van der Waals surface area contributed by atoms with Gasteiger partial charge >= 0.3 is 0 Å². The molecule has 0 saturated heterocycles. The maximum absolute atomic E-state index is 5.34. The van der Waals surface area contributed by atoms with Gasteiger partial charge in [0.15, 0.2) is 22.4 Å². The largest absolute Gasteiger partial charge is 0.493 e. The zero-order chi connectivity index (χ0) is 17.6. The first-order valence-electron chi connectivity index (χ1n) is 7.46. The lowest BCUT2D eigenvalue weighted by molar-refractivity contribution is 0.356. The Balaban J connectivity index is 1.78. The summed E-state index contributed by atoms with van der Waals surface area (Å²) in [6.45, 7) is 0. The molecule has 0 radical (unpaired) electrons. The fourth-order valence-electron chi connectivity index (χ4n) is 2.28. The van der Waals surface area contributed by atoms with E-state index in [1.807, 2.05) is 36.4 Å². The molecule has 0 unspecified atom stereocenters. The van der Waals surface area contributed by atoms with E-state index in [9.17, 15) is 0 Å². The van der Waals surface area contributed by atoms with Gasteiger partial charge in [0, 0.05) is 17.1 Å². The number of hydrazine groups is 1. The van der Waals surface area contributed by atoms with Crippen molar-refractivity contribution in [2.24, 2.45) is 0 Å². The van der Waals surface area contributed by atoms with Gasteiger partial charge in [-0.25, -0.2) is 9.97 Å². The third-order valence-electron chi connectivity index (χ3n) is 3.47. The van der Waals surface area contributed by atoms with Crippen LogP contribution in [0.4, 0.5) is 11.5 Å². The topological polar surface area (TPSA) is 80.3 Å². The molecular weight excluding hydrogens is 338 g/mol. The molecule has 8 heteroatoms. The van der Waals surface area contributed by atoms with Gasteiger partial charge in [0.1, 0.15) is 6.33 Å². The molecule has 7 nitrogen and oxygen atoms in total. The lowest BCUT2D eigenvalue weighted by Crippen LogP contribution is -2.33. The first-order chi connectivity index (χ1) is 12.2. The van der Waals surface area contributed by atoms with E-state index >= 15 is 0 Å². The van der Waals surface area contributed by atoms with E-state index < -0.39 is 0 Å². The molecule has 0 aliphatic carbocycles. The van der Waals surface area contributed by atoms with Gasteiger partial charge < -0.3 is 14.8 Å². The Hall–Kier alpha value is -3.13. The van der Waals surface area contributed by atoms with Gasteiger partial charge in [0.25, 0.3) is 0 Å². The highest BCUT2D eigenvalue weighted by atomic mass is 32.1. The molecule has 1 heterocycles. The fraction of sp³-hybridized carbons (Fsp3) is 0.118. The number of benzene rings is 2. The van der Waals surface area contributed by atoms with Gasteiger partial charge in [-0.15, -0.1) is 0 Å². The van der Waals surface area contributed by atoms with Crippen LogP contribution in [0.25, 0.3) is 10.9 Å². The van der Waals surface area contributed by atoms with Crippen molar-refractivity contribution in [1.29, 1.82) is 0 Å². The van der Waals surface area contributed by atoms with Gasteiger partial charge in [-0.3, -0.25) is 10.9 Å². The smallest absolute Gasteiger partial charge is 0.189 e. The van der Waals surface area contributed by atoms with Crippen LogP contribution in [0.1, 0.15) is 0 Å². The van der Waals surface area contributed by atoms with Crippen molar-refractivity contribution in [1.82, 2.24) is 15.4 Å². The Morgan fingerprint density at radius 2 is 1.72 bits per heavy atom. The van der Waals surface area contributed by atoms with E-state index in [4.69, 9.17) is 21.7 Å². The molecule has 0 fully saturated rings. The molecule has 0 aliphatic heterocycles. The average Bonchev–Trinajstić information content (AvgIpc) is 2.65. The van der Waals surface area contributed by atoms with E-state index in [1.165, 1.54) is 6.33 Å². The Morgan fingerprint density at radius 1 is 1.00 bits per heavy atom. The highest BCUT2D eigenvalue weighted by molar-refractivity contribution is 7.80. The molecule has 25 heavy (non-hydrogen) atoms. The highest BCUT2D eigenvalue weighted by Gasteiger charge is 2.11. The van der Waals surface area contributed by atoms with E-state index in [0.717, 1.165) is 16.6 Å². The number of fused-ring (bicyclic) bond motifs is 1. The number of methoxy groups -OCH3 is 2. The number of ether oxygens (including phenoxy) is 2. The number of hydrogen-bond donors (Lipinski definition) is 3.